The van der Waals surface area contributed by atoms with Crippen molar-refractivity contribution in [2.24, 2.45) is 0 Å². The number of likely N-dealkylation sites (tertiary alicyclic amines) is 2. The summed E-state index contributed by atoms with van der Waals surface area (Å²) < 4.78 is 18.8. The number of rotatable bonds is 4. The maximum Gasteiger partial charge on any atom is 0.123 e. The van der Waals surface area contributed by atoms with E-state index < -0.39 is 0 Å². The molecule has 2 aliphatic rings. The van der Waals surface area contributed by atoms with Gasteiger partial charge < -0.3 is 4.74 Å². The van der Waals surface area contributed by atoms with Gasteiger partial charge in [0, 0.05) is 31.8 Å². The third-order valence-electron chi connectivity index (χ3n) is 5.93. The summed E-state index contributed by atoms with van der Waals surface area (Å²) in [5.41, 5.74) is 2.66. The first kappa shape index (κ1) is 16.9. The van der Waals surface area contributed by atoms with Crippen LogP contribution in [0.4, 0.5) is 4.39 Å². The zero-order valence-corrected chi connectivity index (χ0v) is 14.6. The molecule has 0 saturated carbocycles. The van der Waals surface area contributed by atoms with Crippen LogP contribution in [0.3, 0.4) is 0 Å². The Labute approximate surface area is 139 Å². The van der Waals surface area contributed by atoms with Crippen molar-refractivity contribution in [3.63, 3.8) is 0 Å². The Hall–Kier alpha value is -0.970. The summed E-state index contributed by atoms with van der Waals surface area (Å²) in [6.07, 6.45) is 4.92. The van der Waals surface area contributed by atoms with Gasteiger partial charge in [-0.25, -0.2) is 4.39 Å². The second-order valence-corrected chi connectivity index (χ2v) is 7.26. The highest BCUT2D eigenvalue weighted by molar-refractivity contribution is 5.31. The standard InChI is InChI=1S/C19H29FN2O/c1-15-13-16(20)5-6-17(15)18-14-19(8-10-21(18)2)7-4-9-22(19)11-12-23-3/h5-6,13,18H,4,7-12,14H2,1-3H3. The molecule has 2 aliphatic heterocycles. The van der Waals surface area contributed by atoms with Crippen molar-refractivity contribution in [2.75, 3.05) is 40.4 Å². The van der Waals surface area contributed by atoms with Crippen LogP contribution in [0.1, 0.15) is 42.9 Å². The van der Waals surface area contributed by atoms with Gasteiger partial charge in [0.25, 0.3) is 0 Å². The summed E-state index contributed by atoms with van der Waals surface area (Å²) in [6, 6.07) is 5.64. The zero-order valence-electron chi connectivity index (χ0n) is 14.6. The molecular weight excluding hydrogens is 291 g/mol. The number of hydrogen-bond donors (Lipinski definition) is 0. The van der Waals surface area contributed by atoms with Gasteiger partial charge in [0.05, 0.1) is 6.61 Å². The van der Waals surface area contributed by atoms with E-state index in [1.807, 2.05) is 13.0 Å². The Morgan fingerprint density at radius 3 is 2.87 bits per heavy atom. The number of ether oxygens (including phenoxy) is 1. The quantitative estimate of drug-likeness (QED) is 0.846. The first-order valence-corrected chi connectivity index (χ1v) is 8.76. The topological polar surface area (TPSA) is 15.7 Å². The molecular formula is C19H29FN2O. The lowest BCUT2D eigenvalue weighted by molar-refractivity contribution is 0.0145. The summed E-state index contributed by atoms with van der Waals surface area (Å²) in [5.74, 6) is -0.137. The predicted molar refractivity (Wildman–Crippen MR) is 91.2 cm³/mol. The fraction of sp³-hybridized carbons (Fsp3) is 0.684. The van der Waals surface area contributed by atoms with Crippen molar-refractivity contribution in [2.45, 2.75) is 44.2 Å². The van der Waals surface area contributed by atoms with Crippen LogP contribution in [0.5, 0.6) is 0 Å². The van der Waals surface area contributed by atoms with Gasteiger partial charge in [0.2, 0.25) is 0 Å². The van der Waals surface area contributed by atoms with Crippen LogP contribution in [0, 0.1) is 12.7 Å². The van der Waals surface area contributed by atoms with E-state index in [-0.39, 0.29) is 5.82 Å². The van der Waals surface area contributed by atoms with E-state index in [0.717, 1.165) is 31.7 Å². The third-order valence-corrected chi connectivity index (χ3v) is 5.93. The van der Waals surface area contributed by atoms with Gasteiger partial charge in [-0.05, 0) is 69.5 Å². The van der Waals surface area contributed by atoms with Crippen LogP contribution in [-0.2, 0) is 4.74 Å². The Bertz CT molecular complexity index is 550. The zero-order chi connectivity index (χ0) is 16.4. The summed E-state index contributed by atoms with van der Waals surface area (Å²) in [5, 5.41) is 0. The Morgan fingerprint density at radius 2 is 2.13 bits per heavy atom. The highest BCUT2D eigenvalue weighted by Crippen LogP contribution is 2.45. The Balaban J connectivity index is 1.84. The Morgan fingerprint density at radius 1 is 1.30 bits per heavy atom. The average Bonchev–Trinajstić information content (AvgIpc) is 2.90. The number of benzene rings is 1. The SMILES string of the molecule is COCCN1CCCC12CCN(C)C(c1ccc(F)cc1C)C2. The molecule has 4 heteroatoms. The number of piperidine rings is 1. The van der Waals surface area contributed by atoms with E-state index >= 15 is 0 Å². The first-order valence-electron chi connectivity index (χ1n) is 8.76. The Kier molecular flexibility index (Phi) is 5.04. The first-order chi connectivity index (χ1) is 11.1. The van der Waals surface area contributed by atoms with Gasteiger partial charge in [0.15, 0.2) is 0 Å². The van der Waals surface area contributed by atoms with Crippen molar-refractivity contribution < 1.29 is 9.13 Å². The van der Waals surface area contributed by atoms with E-state index in [2.05, 4.69) is 16.8 Å². The predicted octanol–water partition coefficient (Wildman–Crippen LogP) is 3.38. The molecule has 3 rings (SSSR count). The van der Waals surface area contributed by atoms with Crippen molar-refractivity contribution in [3.05, 3.63) is 35.1 Å². The molecule has 0 N–H and O–H groups in total. The summed E-state index contributed by atoms with van der Waals surface area (Å²) in [7, 11) is 3.98. The molecule has 0 bridgehead atoms. The molecule has 2 unspecified atom stereocenters. The van der Waals surface area contributed by atoms with Crippen LogP contribution in [-0.4, -0.2) is 55.7 Å². The molecule has 1 spiro atoms. The lowest BCUT2D eigenvalue weighted by atomic mass is 9.78. The molecule has 3 nitrogen and oxygen atoms in total. The second kappa shape index (κ2) is 6.88. The van der Waals surface area contributed by atoms with E-state index in [9.17, 15) is 4.39 Å². The average molecular weight is 320 g/mol. The number of halogens is 1. The molecule has 2 atom stereocenters. The van der Waals surface area contributed by atoms with E-state index in [4.69, 9.17) is 4.74 Å². The smallest absolute Gasteiger partial charge is 0.123 e. The van der Waals surface area contributed by atoms with Crippen molar-refractivity contribution >= 4 is 0 Å². The van der Waals surface area contributed by atoms with Gasteiger partial charge in [-0.2, -0.15) is 0 Å². The van der Waals surface area contributed by atoms with E-state index in [0.29, 0.717) is 11.6 Å². The maximum atomic E-state index is 13.5. The summed E-state index contributed by atoms with van der Waals surface area (Å²) >= 11 is 0. The van der Waals surface area contributed by atoms with Crippen molar-refractivity contribution in [3.8, 4) is 0 Å². The lowest BCUT2D eigenvalue weighted by Gasteiger charge is -2.48. The molecule has 2 fully saturated rings. The van der Waals surface area contributed by atoms with E-state index in [1.165, 1.54) is 31.4 Å². The van der Waals surface area contributed by atoms with Gasteiger partial charge in [-0.15, -0.1) is 0 Å². The van der Waals surface area contributed by atoms with Gasteiger partial charge in [-0.1, -0.05) is 6.07 Å². The molecule has 2 saturated heterocycles. The molecule has 0 aromatic heterocycles. The summed E-state index contributed by atoms with van der Waals surface area (Å²) in [6.45, 7) is 6.14. The summed E-state index contributed by atoms with van der Waals surface area (Å²) in [4.78, 5) is 5.09. The highest BCUT2D eigenvalue weighted by atomic mass is 19.1. The van der Waals surface area contributed by atoms with Crippen molar-refractivity contribution in [1.29, 1.82) is 0 Å². The van der Waals surface area contributed by atoms with Crippen LogP contribution in [0.25, 0.3) is 0 Å². The maximum absolute atomic E-state index is 13.5. The normalized spacial score (nSPS) is 29.5. The minimum atomic E-state index is -0.137. The molecule has 0 amide bonds. The highest BCUT2D eigenvalue weighted by Gasteiger charge is 2.45. The van der Waals surface area contributed by atoms with Crippen LogP contribution < -0.4 is 0 Å². The van der Waals surface area contributed by atoms with Gasteiger partial charge in [0.1, 0.15) is 5.82 Å². The van der Waals surface area contributed by atoms with Gasteiger partial charge >= 0.3 is 0 Å². The van der Waals surface area contributed by atoms with Crippen LogP contribution in [0.2, 0.25) is 0 Å². The van der Waals surface area contributed by atoms with Gasteiger partial charge in [-0.3, -0.25) is 9.80 Å². The number of hydrogen-bond acceptors (Lipinski definition) is 3. The molecule has 128 valence electrons. The molecule has 2 heterocycles. The molecule has 1 aromatic carbocycles. The minimum Gasteiger partial charge on any atom is -0.383 e. The third kappa shape index (κ3) is 3.30. The number of nitrogens with zero attached hydrogens (tertiary/aromatic N) is 2. The fourth-order valence-electron chi connectivity index (χ4n) is 4.58. The molecule has 23 heavy (non-hydrogen) atoms. The number of methoxy groups -OCH3 is 1. The molecule has 1 aromatic rings. The largest absolute Gasteiger partial charge is 0.383 e. The molecule has 0 radical (unpaired) electrons. The van der Waals surface area contributed by atoms with Crippen molar-refractivity contribution in [1.82, 2.24) is 9.80 Å². The monoisotopic (exact) mass is 320 g/mol. The molecule has 0 aliphatic carbocycles. The number of aryl methyl sites for hydroxylation is 1. The van der Waals surface area contributed by atoms with E-state index in [1.54, 1.807) is 19.2 Å². The lowest BCUT2D eigenvalue weighted by Crippen LogP contribution is -2.53. The van der Waals surface area contributed by atoms with Crippen LogP contribution >= 0.6 is 0 Å². The minimum absolute atomic E-state index is 0.137. The fourth-order valence-corrected chi connectivity index (χ4v) is 4.58. The van der Waals surface area contributed by atoms with Crippen LogP contribution in [0.15, 0.2) is 18.2 Å². The second-order valence-electron chi connectivity index (χ2n) is 7.26.